The Morgan fingerprint density at radius 1 is 0.453 bits per heavy atom. The SMILES string of the molecule is CC(=O)O.CC(=O)O[B-]OC(C)=O.CC(=O)c1cccc(CNC2CCC(CNc3nc(NCc4ccccc4OC(F)(F)F)ncc3[N+](=O)[O-])CC2)c1.COC(=O)c1cccc(CNC2CCC(CNc3nc(NCc4ccccc4OC(F)(F)F)ncc3[N+](=O)[O-])CC2)c1.NC1CCC(CNc2nc(NCc3ccccc3OC(F)(F)F)ncc2[N+](=O)[O-])CC1.[Na+]. The molecule has 128 heavy (non-hydrogen) atoms. The number of esters is 1. The topological polar surface area (TPSA) is 490 Å². The molecule has 36 nitrogen and oxygen atoms in total. The molecule has 8 aromatic rings. The number of ketones is 1. The van der Waals surface area contributed by atoms with Gasteiger partial charge in [-0.3, -0.25) is 49.5 Å². The van der Waals surface area contributed by atoms with Crippen molar-refractivity contribution < 1.29 is 141 Å². The Labute approximate surface area is 750 Å². The molecule has 684 valence electrons. The van der Waals surface area contributed by atoms with E-state index in [1.165, 1.54) is 75.6 Å². The number of carbonyl (C=O) groups excluding carboxylic acids is 4. The van der Waals surface area contributed by atoms with Gasteiger partial charge in [-0.1, -0.05) is 84.9 Å². The Kier molecular flexibility index (Phi) is 42.4. The van der Waals surface area contributed by atoms with Crippen LogP contribution >= 0.6 is 0 Å². The van der Waals surface area contributed by atoms with E-state index in [9.17, 15) is 89.0 Å². The summed E-state index contributed by atoms with van der Waals surface area (Å²) < 4.78 is 139. The van der Waals surface area contributed by atoms with Crippen molar-refractivity contribution >= 4 is 89.7 Å². The zero-order valence-electron chi connectivity index (χ0n) is 70.4. The van der Waals surface area contributed by atoms with Gasteiger partial charge in [0.15, 0.2) is 5.78 Å². The fourth-order valence-corrected chi connectivity index (χ4v) is 13.1. The van der Waals surface area contributed by atoms with Gasteiger partial charge in [0, 0.05) is 114 Å². The number of halogens is 9. The van der Waals surface area contributed by atoms with Crippen LogP contribution < -0.4 is 92.0 Å². The first-order valence-corrected chi connectivity index (χ1v) is 39.6. The van der Waals surface area contributed by atoms with Crippen molar-refractivity contribution in [2.24, 2.45) is 23.5 Å². The fourth-order valence-electron chi connectivity index (χ4n) is 13.1. The maximum atomic E-state index is 12.7. The Morgan fingerprint density at radius 2 is 0.758 bits per heavy atom. The number of carboxylic acids is 1. The molecular formula is C81H95BF9N18NaO18. The second-order valence-electron chi connectivity index (χ2n) is 29.0. The van der Waals surface area contributed by atoms with Crippen LogP contribution in [0.1, 0.15) is 153 Å². The quantitative estimate of drug-likeness (QED) is 0.00447. The maximum absolute atomic E-state index is 12.7. The van der Waals surface area contributed by atoms with E-state index in [-0.39, 0.29) is 165 Å². The van der Waals surface area contributed by atoms with E-state index >= 15 is 0 Å². The molecule has 3 aromatic heterocycles. The summed E-state index contributed by atoms with van der Waals surface area (Å²) in [5, 5.41) is 66.5. The second kappa shape index (κ2) is 52.0. The monoisotopic (exact) mass is 1810 g/mol. The van der Waals surface area contributed by atoms with Gasteiger partial charge in [0.1, 0.15) is 43.5 Å². The Balaban J connectivity index is 0.000000278. The Bertz CT molecular complexity index is 4940. The van der Waals surface area contributed by atoms with Crippen molar-refractivity contribution in [2.75, 3.05) is 58.6 Å². The number of para-hydroxylation sites is 3. The van der Waals surface area contributed by atoms with Crippen LogP contribution in [0.25, 0.3) is 0 Å². The normalized spacial score (nSPS) is 16.4. The number of nitrogens with one attached hydrogen (secondary N) is 8. The first-order chi connectivity index (χ1) is 60.2. The fraction of sp³-hybridized carbons (Fsp3) is 0.420. The Morgan fingerprint density at radius 3 is 1.05 bits per heavy atom. The molecular weight excluding hydrogens is 1720 g/mol. The van der Waals surface area contributed by atoms with Gasteiger partial charge in [-0.25, -0.2) is 19.7 Å². The number of alkyl halides is 9. The predicted molar refractivity (Wildman–Crippen MR) is 445 cm³/mol. The number of nitrogens with zero attached hydrogens (tertiary/aromatic N) is 9. The third kappa shape index (κ3) is 38.8. The number of Topliss-reactive ketones (excluding diaryl/α,β-unsaturated/α-hetero) is 1. The van der Waals surface area contributed by atoms with Gasteiger partial charge in [-0.2, -0.15) is 15.0 Å². The number of carboxylic acid groups (broad SMARTS) is 1. The van der Waals surface area contributed by atoms with E-state index in [0.717, 1.165) is 114 Å². The van der Waals surface area contributed by atoms with E-state index in [1.807, 2.05) is 30.3 Å². The van der Waals surface area contributed by atoms with Crippen molar-refractivity contribution in [3.63, 3.8) is 0 Å². The standard InChI is InChI=1S/C28H31F3N6O5.C28H31F3N6O4.C19H23F3N6O3.C4H6BO4.C2H4O2.Na/c1-41-26(38)20-7-4-5-19(13-20)15-32-22-11-9-18(10-12-22)14-33-25-23(37(39)40)17-35-27(36-25)34-16-21-6-2-3-8-24(21)42-28(29,30)31;1-18(38)21-7-4-5-20(13-21)15-32-23-11-9-19(10-12-23)14-33-26-24(37(39)40)17-35-27(36-26)34-16-22-6-2-3-8-25(22)41-28(29,30)31;20-19(21,22)31-16-4-2-1-3-13(16)10-25-18-26-11-15(28(29)30)17(27-18)24-9-12-5-7-14(23)8-6-12;1-3(6)8-5-9-4(2)7;1-2(3)4;/h2-8,13,17-18,22,32H,9-12,14-16H2,1H3,(H2,33,34,35,36);2-8,13,17,19,23,32H,9-12,14-16H2,1H3,(H2,33,34,35,36);1-4,11-12,14H,5-10,23H2,(H2,24,25,26,27);1-2H3;1H3,(H,3,4);/q;;;-1;;+1. The van der Waals surface area contributed by atoms with Gasteiger partial charge in [0.25, 0.3) is 17.9 Å². The molecule has 3 fully saturated rings. The minimum Gasteiger partial charge on any atom is -0.702 e. The number of hydrogen-bond acceptors (Lipinski definition) is 32. The number of aliphatic carboxylic acids is 1. The van der Waals surface area contributed by atoms with Crippen LogP contribution in [0.15, 0.2) is 140 Å². The molecule has 3 aliphatic rings. The summed E-state index contributed by atoms with van der Waals surface area (Å²) in [5.74, 6) is -2.18. The number of ether oxygens (including phenoxy) is 4. The van der Waals surface area contributed by atoms with E-state index in [1.54, 1.807) is 43.3 Å². The molecule has 0 saturated heterocycles. The van der Waals surface area contributed by atoms with Crippen LogP contribution in [-0.4, -0.2) is 151 Å². The summed E-state index contributed by atoms with van der Waals surface area (Å²) in [5.41, 5.74) is 8.93. The number of hydrogen-bond donors (Lipinski definition) is 10. The molecule has 0 unspecified atom stereocenters. The molecule has 11 rings (SSSR count). The molecule has 0 atom stereocenters. The number of nitrogens with two attached hydrogens (primary N) is 1. The first kappa shape index (κ1) is 104. The third-order valence-electron chi connectivity index (χ3n) is 19.4. The number of carbonyl (C=O) groups is 5. The summed E-state index contributed by atoms with van der Waals surface area (Å²) in [7, 11) is 2.05. The largest absolute Gasteiger partial charge is 1.00 e. The van der Waals surface area contributed by atoms with E-state index in [4.69, 9.17) is 20.4 Å². The first-order valence-electron chi connectivity index (χ1n) is 39.6. The van der Waals surface area contributed by atoms with Crippen LogP contribution in [-0.2, 0) is 61.2 Å². The molecule has 5 aromatic carbocycles. The molecule has 2 radical (unpaired) electrons. The number of anilines is 6. The molecule has 3 saturated carbocycles. The smallest absolute Gasteiger partial charge is 0.702 e. The van der Waals surface area contributed by atoms with Crippen molar-refractivity contribution in [3.05, 3.63) is 209 Å². The second-order valence-corrected chi connectivity index (χ2v) is 29.0. The van der Waals surface area contributed by atoms with Crippen molar-refractivity contribution in [1.29, 1.82) is 0 Å². The van der Waals surface area contributed by atoms with Gasteiger partial charge < -0.3 is 81.6 Å². The van der Waals surface area contributed by atoms with E-state index in [2.05, 4.69) is 96.0 Å². The minimum atomic E-state index is -4.84. The van der Waals surface area contributed by atoms with E-state index in [0.29, 0.717) is 69.5 Å². The molecule has 47 heteroatoms. The molecule has 3 heterocycles. The number of nitro groups is 3. The zero-order valence-corrected chi connectivity index (χ0v) is 72.4. The van der Waals surface area contributed by atoms with Crippen molar-refractivity contribution in [1.82, 2.24) is 40.5 Å². The summed E-state index contributed by atoms with van der Waals surface area (Å²) in [6.07, 6.45) is -0.308. The van der Waals surface area contributed by atoms with Gasteiger partial charge in [0.05, 0.1) is 27.4 Å². The van der Waals surface area contributed by atoms with Crippen molar-refractivity contribution in [3.8, 4) is 17.2 Å². The van der Waals surface area contributed by atoms with Crippen molar-refractivity contribution in [2.45, 2.75) is 175 Å². The van der Waals surface area contributed by atoms with Crippen LogP contribution in [0.3, 0.4) is 0 Å². The summed E-state index contributed by atoms with van der Waals surface area (Å²) in [4.78, 5) is 109. The summed E-state index contributed by atoms with van der Waals surface area (Å²) >= 11 is 0. The number of rotatable bonds is 34. The number of methoxy groups -OCH3 is 1. The van der Waals surface area contributed by atoms with Gasteiger partial charge in [0.2, 0.25) is 35.3 Å². The van der Waals surface area contributed by atoms with Crippen LogP contribution in [0.5, 0.6) is 17.2 Å². The van der Waals surface area contributed by atoms with Gasteiger partial charge >= 0.3 is 71.7 Å². The molecule has 0 aliphatic heterocycles. The molecule has 11 N–H and O–H groups in total. The molecule has 3 aliphatic carbocycles. The maximum Gasteiger partial charge on any atom is 1.00 e. The molecule has 0 spiro atoms. The summed E-state index contributed by atoms with van der Waals surface area (Å²) in [6, 6.07) is 32.6. The molecule has 0 amide bonds. The summed E-state index contributed by atoms with van der Waals surface area (Å²) in [6.45, 7) is 7.55. The molecule has 0 bridgehead atoms. The minimum absolute atomic E-state index is 0. The zero-order chi connectivity index (χ0) is 92.8. The average molecular weight is 1810 g/mol. The number of aromatic nitrogens is 6. The average Bonchev–Trinajstić information content (AvgIpc) is 0.838. The Hall–Kier alpha value is -12.4. The van der Waals surface area contributed by atoms with Crippen LogP contribution in [0.4, 0.5) is 91.9 Å². The van der Waals surface area contributed by atoms with Crippen LogP contribution in [0.2, 0.25) is 0 Å². The van der Waals surface area contributed by atoms with Crippen LogP contribution in [0, 0.1) is 48.1 Å². The third-order valence-corrected chi connectivity index (χ3v) is 19.4. The van der Waals surface area contributed by atoms with Gasteiger partial charge in [-0.05, 0) is 149 Å². The van der Waals surface area contributed by atoms with E-state index < -0.39 is 51.8 Å². The number of benzene rings is 5. The predicted octanol–water partition coefficient (Wildman–Crippen LogP) is 11.9. The van der Waals surface area contributed by atoms with Gasteiger partial charge in [-0.15, -0.1) is 39.5 Å².